The summed E-state index contributed by atoms with van der Waals surface area (Å²) in [6, 6.07) is 9.34. The lowest BCUT2D eigenvalue weighted by Gasteiger charge is -2.26. The number of hydrogen-bond acceptors (Lipinski definition) is 4. The first-order valence-electron chi connectivity index (χ1n) is 7.73. The molecule has 2 heterocycles. The van der Waals surface area contributed by atoms with E-state index in [0.29, 0.717) is 31.6 Å². The number of aromatic nitrogens is 2. The molecule has 122 valence electrons. The van der Waals surface area contributed by atoms with E-state index >= 15 is 0 Å². The molecule has 6 heteroatoms. The number of carbonyl (C=O) groups is 1. The minimum absolute atomic E-state index is 0.0316. The van der Waals surface area contributed by atoms with Gasteiger partial charge >= 0.3 is 0 Å². The van der Waals surface area contributed by atoms with Crippen molar-refractivity contribution >= 4 is 5.91 Å². The van der Waals surface area contributed by atoms with Crippen LogP contribution in [-0.2, 0) is 0 Å². The Morgan fingerprint density at radius 3 is 2.70 bits per heavy atom. The van der Waals surface area contributed by atoms with Crippen molar-refractivity contribution in [2.45, 2.75) is 12.0 Å². The monoisotopic (exact) mass is 314 g/mol. The summed E-state index contributed by atoms with van der Waals surface area (Å²) in [7, 11) is 3.85. The van der Waals surface area contributed by atoms with Gasteiger partial charge in [-0.05, 0) is 44.3 Å². The number of amides is 1. The molecule has 2 N–H and O–H groups in total. The fraction of sp³-hybridized carbons (Fsp3) is 0.412. The van der Waals surface area contributed by atoms with Crippen molar-refractivity contribution in [2.75, 3.05) is 33.7 Å². The molecule has 2 aromatic rings. The number of H-pyrrole nitrogens is 1. The van der Waals surface area contributed by atoms with Crippen LogP contribution in [0.1, 0.15) is 16.8 Å². The summed E-state index contributed by atoms with van der Waals surface area (Å²) >= 11 is 0. The topological polar surface area (TPSA) is 72.5 Å². The molecule has 1 aliphatic rings. The molecule has 0 aliphatic carbocycles. The van der Waals surface area contributed by atoms with E-state index in [2.05, 4.69) is 10.2 Å². The van der Waals surface area contributed by atoms with Crippen molar-refractivity contribution in [3.05, 3.63) is 42.1 Å². The van der Waals surface area contributed by atoms with Gasteiger partial charge in [0.25, 0.3) is 5.91 Å². The number of aliphatic hydroxyl groups is 1. The molecule has 1 unspecified atom stereocenters. The first-order chi connectivity index (χ1) is 11.0. The number of β-amino-alcohol motifs (C(OH)–C–C–N with tert-alkyl or cyclic N) is 1. The molecular formula is C17H22N4O2. The molecule has 1 atom stereocenters. The third-order valence-corrected chi connectivity index (χ3v) is 4.17. The van der Waals surface area contributed by atoms with Crippen LogP contribution < -0.4 is 0 Å². The van der Waals surface area contributed by atoms with Gasteiger partial charge in [-0.3, -0.25) is 9.89 Å². The van der Waals surface area contributed by atoms with Gasteiger partial charge in [-0.25, -0.2) is 0 Å². The van der Waals surface area contributed by atoms with Gasteiger partial charge in [0, 0.05) is 24.8 Å². The van der Waals surface area contributed by atoms with Gasteiger partial charge < -0.3 is 14.9 Å². The lowest BCUT2D eigenvalue weighted by atomic mass is 10.0. The fourth-order valence-electron chi connectivity index (χ4n) is 3.14. The van der Waals surface area contributed by atoms with Crippen LogP contribution in [0.25, 0.3) is 11.3 Å². The van der Waals surface area contributed by atoms with Crippen LogP contribution in [0.15, 0.2) is 36.5 Å². The Hall–Kier alpha value is -2.18. The first-order valence-corrected chi connectivity index (χ1v) is 7.73. The molecule has 1 amide bonds. The minimum atomic E-state index is -0.810. The zero-order valence-electron chi connectivity index (χ0n) is 13.5. The number of rotatable bonds is 4. The predicted octanol–water partition coefficient (Wildman–Crippen LogP) is 1.22. The summed E-state index contributed by atoms with van der Waals surface area (Å²) < 4.78 is 0. The zero-order valence-corrected chi connectivity index (χ0v) is 13.5. The van der Waals surface area contributed by atoms with Gasteiger partial charge in [0.15, 0.2) is 0 Å². The van der Waals surface area contributed by atoms with Crippen LogP contribution in [0.5, 0.6) is 0 Å². The van der Waals surface area contributed by atoms with Crippen LogP contribution in [0.3, 0.4) is 0 Å². The normalized spacial score (nSPS) is 21.1. The summed E-state index contributed by atoms with van der Waals surface area (Å²) in [5, 5.41) is 17.4. The van der Waals surface area contributed by atoms with E-state index in [1.165, 1.54) is 0 Å². The van der Waals surface area contributed by atoms with Crippen molar-refractivity contribution in [3.63, 3.8) is 0 Å². The molecule has 0 saturated carbocycles. The van der Waals surface area contributed by atoms with E-state index in [4.69, 9.17) is 0 Å². The van der Waals surface area contributed by atoms with E-state index in [1.54, 1.807) is 11.1 Å². The highest BCUT2D eigenvalue weighted by Gasteiger charge is 2.38. The number of likely N-dealkylation sites (tertiary alicyclic amines) is 1. The van der Waals surface area contributed by atoms with Crippen molar-refractivity contribution < 1.29 is 9.90 Å². The van der Waals surface area contributed by atoms with Crippen molar-refractivity contribution in [1.29, 1.82) is 0 Å². The molecule has 1 aromatic heterocycles. The smallest absolute Gasteiger partial charge is 0.253 e. The molecular weight excluding hydrogens is 292 g/mol. The Kier molecular flexibility index (Phi) is 4.19. The van der Waals surface area contributed by atoms with Gasteiger partial charge in [-0.15, -0.1) is 0 Å². The van der Waals surface area contributed by atoms with Crippen molar-refractivity contribution in [3.8, 4) is 11.3 Å². The lowest BCUT2D eigenvalue weighted by Crippen LogP contribution is -2.43. The third-order valence-electron chi connectivity index (χ3n) is 4.17. The van der Waals surface area contributed by atoms with Crippen LogP contribution in [0.4, 0.5) is 0 Å². The van der Waals surface area contributed by atoms with Crippen molar-refractivity contribution in [2.24, 2.45) is 0 Å². The summed E-state index contributed by atoms with van der Waals surface area (Å²) in [6.07, 6.45) is 2.31. The molecule has 1 aromatic carbocycles. The molecule has 0 bridgehead atoms. The van der Waals surface area contributed by atoms with Crippen LogP contribution in [-0.4, -0.2) is 70.3 Å². The van der Waals surface area contributed by atoms with Gasteiger partial charge in [0.1, 0.15) is 0 Å². The number of likely N-dealkylation sites (N-methyl/N-ethyl adjacent to an activating group) is 1. The maximum absolute atomic E-state index is 12.6. The Morgan fingerprint density at radius 2 is 2.09 bits per heavy atom. The first kappa shape index (κ1) is 15.7. The second kappa shape index (κ2) is 6.14. The van der Waals surface area contributed by atoms with Crippen molar-refractivity contribution in [1.82, 2.24) is 20.0 Å². The van der Waals surface area contributed by atoms with Crippen LogP contribution in [0.2, 0.25) is 0 Å². The Morgan fingerprint density at radius 1 is 1.35 bits per heavy atom. The number of nitrogens with one attached hydrogen (secondary N) is 1. The third kappa shape index (κ3) is 3.43. The number of carbonyl (C=O) groups excluding carboxylic acids is 1. The molecule has 1 aliphatic heterocycles. The van der Waals surface area contributed by atoms with E-state index in [9.17, 15) is 9.90 Å². The second-order valence-corrected chi connectivity index (χ2v) is 6.49. The predicted molar refractivity (Wildman–Crippen MR) is 88.0 cm³/mol. The highest BCUT2D eigenvalue weighted by atomic mass is 16.3. The molecule has 1 saturated heterocycles. The van der Waals surface area contributed by atoms with Gasteiger partial charge in [-0.2, -0.15) is 5.10 Å². The number of aromatic amines is 1. The lowest BCUT2D eigenvalue weighted by molar-refractivity contribution is 0.0236. The summed E-state index contributed by atoms with van der Waals surface area (Å²) in [5.41, 5.74) is 1.74. The van der Waals surface area contributed by atoms with E-state index < -0.39 is 5.60 Å². The number of hydrogen-bond donors (Lipinski definition) is 2. The summed E-state index contributed by atoms with van der Waals surface area (Å²) in [4.78, 5) is 16.3. The Balaban J connectivity index is 1.69. The van der Waals surface area contributed by atoms with E-state index in [0.717, 1.165) is 11.3 Å². The second-order valence-electron chi connectivity index (χ2n) is 6.49. The molecule has 6 nitrogen and oxygen atoms in total. The minimum Gasteiger partial charge on any atom is -0.387 e. The van der Waals surface area contributed by atoms with Gasteiger partial charge in [-0.1, -0.05) is 12.1 Å². The maximum Gasteiger partial charge on any atom is 0.253 e. The largest absolute Gasteiger partial charge is 0.387 e. The Labute approximate surface area is 135 Å². The number of nitrogens with zero attached hydrogens (tertiary/aromatic N) is 3. The molecule has 3 rings (SSSR count). The van der Waals surface area contributed by atoms with Crippen LogP contribution in [0, 0.1) is 0 Å². The SMILES string of the molecule is CN(C)CC1(O)CCN(C(=O)c2ccc(-c3ccn[nH]3)cc2)C1. The highest BCUT2D eigenvalue weighted by Crippen LogP contribution is 2.24. The van der Waals surface area contributed by atoms with Crippen LogP contribution >= 0.6 is 0 Å². The molecule has 1 fully saturated rings. The summed E-state index contributed by atoms with van der Waals surface area (Å²) in [6.45, 7) is 1.54. The van der Waals surface area contributed by atoms with E-state index in [-0.39, 0.29) is 5.91 Å². The van der Waals surface area contributed by atoms with Gasteiger partial charge in [0.05, 0.1) is 17.8 Å². The average molecular weight is 314 g/mol. The molecule has 0 radical (unpaired) electrons. The maximum atomic E-state index is 12.6. The quantitative estimate of drug-likeness (QED) is 0.890. The molecule has 23 heavy (non-hydrogen) atoms. The van der Waals surface area contributed by atoms with E-state index in [1.807, 2.05) is 49.3 Å². The zero-order chi connectivity index (χ0) is 16.4. The Bertz CT molecular complexity index is 666. The standard InChI is InChI=1S/C17H22N4O2/c1-20(2)11-17(23)8-10-21(12-17)16(22)14-5-3-13(4-6-14)15-7-9-18-19-15/h3-7,9,23H,8,10-12H2,1-2H3,(H,18,19). The highest BCUT2D eigenvalue weighted by molar-refractivity contribution is 5.95. The number of benzene rings is 1. The fourth-order valence-corrected chi connectivity index (χ4v) is 3.14. The van der Waals surface area contributed by atoms with Gasteiger partial charge in [0.2, 0.25) is 0 Å². The average Bonchev–Trinajstić information content (AvgIpc) is 3.16. The summed E-state index contributed by atoms with van der Waals surface area (Å²) in [5.74, 6) is -0.0316. The molecule has 0 spiro atoms.